The van der Waals surface area contributed by atoms with Crippen LogP contribution in [-0.2, 0) is 9.84 Å². The van der Waals surface area contributed by atoms with E-state index in [1.807, 2.05) is 25.1 Å². The second-order valence-corrected chi connectivity index (χ2v) is 6.72. The van der Waals surface area contributed by atoms with Gasteiger partial charge in [0.2, 0.25) is 0 Å². The number of hydrogen-bond acceptors (Lipinski definition) is 3. The Morgan fingerprint density at radius 3 is 2.64 bits per heavy atom. The molecule has 1 aromatic rings. The maximum Gasteiger partial charge on any atom is 0.148 e. The lowest BCUT2D eigenvalue weighted by molar-refractivity contribution is 0.603. The molecule has 4 heteroatoms. The molecule has 78 valence electrons. The Morgan fingerprint density at radius 1 is 1.36 bits per heavy atom. The van der Waals surface area contributed by atoms with Crippen LogP contribution in [0.1, 0.15) is 5.56 Å². The third kappa shape index (κ3) is 4.67. The first-order valence-corrected chi connectivity index (χ1v) is 7.39. The fourth-order valence-corrected chi connectivity index (χ4v) is 3.24. The van der Waals surface area contributed by atoms with Gasteiger partial charge in [-0.3, -0.25) is 0 Å². The highest BCUT2D eigenvalue weighted by atomic mass is 32.2. The highest BCUT2D eigenvalue weighted by Gasteiger charge is 2.02. The van der Waals surface area contributed by atoms with E-state index < -0.39 is 9.84 Å². The second-order valence-electron chi connectivity index (χ2n) is 3.29. The molecule has 0 aromatic heterocycles. The summed E-state index contributed by atoms with van der Waals surface area (Å²) >= 11 is 1.58. The molecule has 0 aliphatic heterocycles. The number of benzene rings is 1. The summed E-state index contributed by atoms with van der Waals surface area (Å²) in [7, 11) is -2.83. The minimum atomic E-state index is -2.83. The lowest BCUT2D eigenvalue weighted by Gasteiger charge is -2.01. The molecule has 0 unspecified atom stereocenters. The van der Waals surface area contributed by atoms with Gasteiger partial charge in [0, 0.05) is 16.9 Å². The Hall–Kier alpha value is -0.480. The lowest BCUT2D eigenvalue weighted by atomic mass is 10.2. The van der Waals surface area contributed by atoms with Crippen LogP contribution in [0.25, 0.3) is 0 Å². The highest BCUT2D eigenvalue weighted by Crippen LogP contribution is 2.18. The lowest BCUT2D eigenvalue weighted by Crippen LogP contribution is -2.04. The predicted octanol–water partition coefficient (Wildman–Crippen LogP) is 2.13. The molecule has 0 saturated carbocycles. The minimum Gasteiger partial charge on any atom is -0.229 e. The summed E-state index contributed by atoms with van der Waals surface area (Å²) in [6.45, 7) is 2.03. The van der Waals surface area contributed by atoms with Crippen LogP contribution in [0.5, 0.6) is 0 Å². The van der Waals surface area contributed by atoms with E-state index in [0.717, 1.165) is 4.90 Å². The van der Waals surface area contributed by atoms with E-state index in [-0.39, 0.29) is 5.75 Å². The number of thioether (sulfide) groups is 1. The fourth-order valence-electron chi connectivity index (χ4n) is 1.02. The summed E-state index contributed by atoms with van der Waals surface area (Å²) in [4.78, 5) is 1.13. The van der Waals surface area contributed by atoms with E-state index in [1.165, 1.54) is 11.8 Å². The Kier molecular flexibility index (Phi) is 4.01. The van der Waals surface area contributed by atoms with Gasteiger partial charge in [0.15, 0.2) is 0 Å². The first-order valence-electron chi connectivity index (χ1n) is 4.34. The first-order chi connectivity index (χ1) is 6.47. The summed E-state index contributed by atoms with van der Waals surface area (Å²) in [6.07, 6.45) is 1.27. The Balaban J connectivity index is 2.47. The molecule has 1 rings (SSSR count). The van der Waals surface area contributed by atoms with Crippen LogP contribution in [0.3, 0.4) is 0 Å². The first kappa shape index (κ1) is 11.6. The average Bonchev–Trinajstić information content (AvgIpc) is 2.01. The van der Waals surface area contributed by atoms with Crippen molar-refractivity contribution in [2.75, 3.05) is 17.8 Å². The quantitative estimate of drug-likeness (QED) is 0.743. The van der Waals surface area contributed by atoms with Crippen molar-refractivity contribution in [2.24, 2.45) is 0 Å². The van der Waals surface area contributed by atoms with Crippen molar-refractivity contribution in [3.05, 3.63) is 29.8 Å². The van der Waals surface area contributed by atoms with Gasteiger partial charge >= 0.3 is 0 Å². The van der Waals surface area contributed by atoms with E-state index in [9.17, 15) is 8.42 Å². The van der Waals surface area contributed by atoms with E-state index in [0.29, 0.717) is 5.75 Å². The molecule has 0 bridgehead atoms. The number of hydrogen-bond donors (Lipinski definition) is 0. The highest BCUT2D eigenvalue weighted by molar-refractivity contribution is 8.00. The molecular weight excluding hydrogens is 216 g/mol. The van der Waals surface area contributed by atoms with Crippen molar-refractivity contribution in [3.63, 3.8) is 0 Å². The zero-order valence-corrected chi connectivity index (χ0v) is 9.99. The van der Waals surface area contributed by atoms with E-state index in [2.05, 4.69) is 6.07 Å². The number of aryl methyl sites for hydroxylation is 1. The zero-order valence-electron chi connectivity index (χ0n) is 8.36. The smallest absolute Gasteiger partial charge is 0.148 e. The molecule has 0 fully saturated rings. The molecule has 0 atom stereocenters. The summed E-state index contributed by atoms with van der Waals surface area (Å²) in [5.74, 6) is 0.869. The van der Waals surface area contributed by atoms with Gasteiger partial charge in [-0.2, -0.15) is 0 Å². The number of rotatable bonds is 4. The van der Waals surface area contributed by atoms with Crippen molar-refractivity contribution in [1.82, 2.24) is 0 Å². The van der Waals surface area contributed by atoms with Gasteiger partial charge in [-0.05, 0) is 19.1 Å². The third-order valence-electron chi connectivity index (χ3n) is 1.71. The SMILES string of the molecule is Cc1cccc(SCCS(C)(=O)=O)c1. The monoisotopic (exact) mass is 230 g/mol. The van der Waals surface area contributed by atoms with Crippen LogP contribution >= 0.6 is 11.8 Å². The molecule has 14 heavy (non-hydrogen) atoms. The van der Waals surface area contributed by atoms with Gasteiger partial charge in [-0.1, -0.05) is 17.7 Å². The van der Waals surface area contributed by atoms with Crippen molar-refractivity contribution in [3.8, 4) is 0 Å². The second kappa shape index (κ2) is 4.84. The van der Waals surface area contributed by atoms with E-state index >= 15 is 0 Å². The molecule has 1 aromatic carbocycles. The average molecular weight is 230 g/mol. The van der Waals surface area contributed by atoms with Crippen LogP contribution in [0.15, 0.2) is 29.2 Å². The predicted molar refractivity (Wildman–Crippen MR) is 61.6 cm³/mol. The third-order valence-corrected chi connectivity index (χ3v) is 3.91. The van der Waals surface area contributed by atoms with Gasteiger partial charge in [-0.15, -0.1) is 11.8 Å². The van der Waals surface area contributed by atoms with Gasteiger partial charge in [0.25, 0.3) is 0 Å². The fraction of sp³-hybridized carbons (Fsp3) is 0.400. The molecule has 0 aliphatic carbocycles. The molecule has 0 radical (unpaired) electrons. The maximum atomic E-state index is 10.9. The van der Waals surface area contributed by atoms with Crippen LogP contribution in [-0.4, -0.2) is 26.2 Å². The number of sulfone groups is 1. The molecule has 0 saturated heterocycles. The molecular formula is C10H14O2S2. The van der Waals surface area contributed by atoms with Crippen LogP contribution < -0.4 is 0 Å². The van der Waals surface area contributed by atoms with Crippen molar-refractivity contribution < 1.29 is 8.42 Å². The van der Waals surface area contributed by atoms with Crippen LogP contribution in [0.4, 0.5) is 0 Å². The van der Waals surface area contributed by atoms with Crippen molar-refractivity contribution in [1.29, 1.82) is 0 Å². The summed E-state index contributed by atoms with van der Waals surface area (Å²) in [5.41, 5.74) is 1.20. The Bertz CT molecular complexity index is 396. The summed E-state index contributed by atoms with van der Waals surface area (Å²) < 4.78 is 21.8. The van der Waals surface area contributed by atoms with Crippen LogP contribution in [0.2, 0.25) is 0 Å². The molecule has 2 nitrogen and oxygen atoms in total. The Labute approximate surface area is 89.6 Å². The van der Waals surface area contributed by atoms with E-state index in [4.69, 9.17) is 0 Å². The standard InChI is InChI=1S/C10H14O2S2/c1-9-4-3-5-10(8-9)13-6-7-14(2,11)12/h3-5,8H,6-7H2,1-2H3. The van der Waals surface area contributed by atoms with Crippen LogP contribution in [0, 0.1) is 6.92 Å². The van der Waals surface area contributed by atoms with Gasteiger partial charge < -0.3 is 0 Å². The van der Waals surface area contributed by atoms with E-state index in [1.54, 1.807) is 11.8 Å². The minimum absolute atomic E-state index is 0.242. The van der Waals surface area contributed by atoms with Crippen molar-refractivity contribution in [2.45, 2.75) is 11.8 Å². The molecule has 0 heterocycles. The summed E-state index contributed by atoms with van der Waals surface area (Å²) in [6, 6.07) is 8.08. The van der Waals surface area contributed by atoms with Crippen molar-refractivity contribution >= 4 is 21.6 Å². The van der Waals surface area contributed by atoms with Gasteiger partial charge in [0.05, 0.1) is 5.75 Å². The maximum absolute atomic E-state index is 10.9. The molecule has 0 aliphatic rings. The Morgan fingerprint density at radius 2 is 2.07 bits per heavy atom. The largest absolute Gasteiger partial charge is 0.229 e. The summed E-state index contributed by atoms with van der Waals surface area (Å²) in [5, 5.41) is 0. The zero-order chi connectivity index (χ0) is 10.6. The normalized spacial score (nSPS) is 11.6. The van der Waals surface area contributed by atoms with Gasteiger partial charge in [-0.25, -0.2) is 8.42 Å². The topological polar surface area (TPSA) is 34.1 Å². The molecule has 0 amide bonds. The molecule has 0 N–H and O–H groups in total. The molecule has 0 spiro atoms. The van der Waals surface area contributed by atoms with Gasteiger partial charge in [0.1, 0.15) is 9.84 Å².